The van der Waals surface area contributed by atoms with Crippen LogP contribution in [0.2, 0.25) is 0 Å². The number of carbonyl (C=O) groups is 1. The lowest BCUT2D eigenvalue weighted by Crippen LogP contribution is -2.26. The molecule has 7 nitrogen and oxygen atoms in total. The standard InChI is InChI=1S/C22H33NO6P2/c1-5-8-9-17-10-12-18(13-11-17)14-19-16-26-21(23-19)15-20(22(24)29-30-4)31(25,27-6-2)28-7-3/h10-13,16,20,30H,5-9,14-15H2,1-4H3. The summed E-state index contributed by atoms with van der Waals surface area (Å²) in [6, 6.07) is 8.48. The van der Waals surface area contributed by atoms with Crippen molar-refractivity contribution in [1.82, 2.24) is 4.98 Å². The van der Waals surface area contributed by atoms with Gasteiger partial charge in [0.1, 0.15) is 6.26 Å². The predicted molar refractivity (Wildman–Crippen MR) is 123 cm³/mol. The molecule has 0 amide bonds. The van der Waals surface area contributed by atoms with E-state index < -0.39 is 19.2 Å². The number of carbonyl (C=O) groups excluding carboxylic acids is 1. The van der Waals surface area contributed by atoms with E-state index in [4.69, 9.17) is 18.0 Å². The highest BCUT2D eigenvalue weighted by Gasteiger charge is 2.43. The number of rotatable bonds is 14. The average molecular weight is 469 g/mol. The van der Waals surface area contributed by atoms with E-state index in [1.54, 1.807) is 26.8 Å². The molecule has 0 saturated carbocycles. The summed E-state index contributed by atoms with van der Waals surface area (Å²) in [4.78, 5) is 17.0. The summed E-state index contributed by atoms with van der Waals surface area (Å²) in [5, 5.41) is 0. The molecule has 0 radical (unpaired) electrons. The zero-order chi connectivity index (χ0) is 22.7. The first-order chi connectivity index (χ1) is 15.0. The summed E-state index contributed by atoms with van der Waals surface area (Å²) in [7, 11) is -3.80. The van der Waals surface area contributed by atoms with Gasteiger partial charge in [0.2, 0.25) is 0 Å². The minimum Gasteiger partial charge on any atom is -0.449 e. The molecule has 1 aromatic heterocycles. The van der Waals surface area contributed by atoms with Gasteiger partial charge in [0.05, 0.1) is 27.7 Å². The van der Waals surface area contributed by atoms with E-state index in [0.29, 0.717) is 12.3 Å². The fraction of sp³-hybridized carbons (Fsp3) is 0.545. The van der Waals surface area contributed by atoms with Gasteiger partial charge >= 0.3 is 13.6 Å². The average Bonchev–Trinajstić information content (AvgIpc) is 3.19. The van der Waals surface area contributed by atoms with Crippen LogP contribution in [0.4, 0.5) is 0 Å². The van der Waals surface area contributed by atoms with Crippen molar-refractivity contribution in [2.45, 2.75) is 58.5 Å². The molecule has 1 heterocycles. The first kappa shape index (κ1) is 25.7. The van der Waals surface area contributed by atoms with Crippen molar-refractivity contribution in [3.8, 4) is 0 Å². The molecular formula is C22H33NO6P2. The molecule has 0 aliphatic rings. The van der Waals surface area contributed by atoms with Gasteiger partial charge in [0.25, 0.3) is 0 Å². The zero-order valence-electron chi connectivity index (χ0n) is 18.8. The van der Waals surface area contributed by atoms with E-state index in [-0.39, 0.29) is 28.4 Å². The van der Waals surface area contributed by atoms with Crippen LogP contribution < -0.4 is 0 Å². The molecule has 2 atom stereocenters. The maximum atomic E-state index is 13.2. The van der Waals surface area contributed by atoms with Crippen LogP contribution in [0.15, 0.2) is 34.9 Å². The van der Waals surface area contributed by atoms with Gasteiger partial charge in [0, 0.05) is 12.8 Å². The third-order valence-electron chi connectivity index (χ3n) is 4.67. The Hall–Kier alpha value is -1.52. The summed E-state index contributed by atoms with van der Waals surface area (Å²) < 4.78 is 34.7. The fourth-order valence-corrected chi connectivity index (χ4v) is 5.46. The van der Waals surface area contributed by atoms with Gasteiger partial charge in [-0.2, -0.15) is 0 Å². The van der Waals surface area contributed by atoms with Crippen molar-refractivity contribution >= 4 is 22.4 Å². The van der Waals surface area contributed by atoms with Crippen molar-refractivity contribution in [2.75, 3.05) is 19.9 Å². The molecule has 2 unspecified atom stereocenters. The van der Waals surface area contributed by atoms with Crippen molar-refractivity contribution in [1.29, 1.82) is 0 Å². The Morgan fingerprint density at radius 2 is 1.77 bits per heavy atom. The van der Waals surface area contributed by atoms with Gasteiger partial charge in [-0.3, -0.25) is 9.36 Å². The second-order valence-corrected chi connectivity index (χ2v) is 9.88. The van der Waals surface area contributed by atoms with E-state index in [2.05, 4.69) is 36.2 Å². The van der Waals surface area contributed by atoms with Gasteiger partial charge in [-0.15, -0.1) is 0 Å². The SMILES string of the molecule is CCCCc1ccc(Cc2coc(CC(C(=O)OPC)P(=O)(OCC)OCC)n2)cc1. The Morgan fingerprint density at radius 1 is 1.13 bits per heavy atom. The summed E-state index contributed by atoms with van der Waals surface area (Å²) in [5.74, 6) is -0.330. The lowest BCUT2D eigenvalue weighted by Gasteiger charge is -2.23. The molecule has 0 N–H and O–H groups in total. The Labute approximate surface area is 186 Å². The Balaban J connectivity index is 2.12. The highest BCUT2D eigenvalue weighted by molar-refractivity contribution is 7.55. The minimum atomic E-state index is -3.72. The van der Waals surface area contributed by atoms with Gasteiger partial charge < -0.3 is 18.0 Å². The maximum absolute atomic E-state index is 13.2. The van der Waals surface area contributed by atoms with Crippen LogP contribution in [0.1, 0.15) is 56.3 Å². The minimum absolute atomic E-state index is 0.0173. The van der Waals surface area contributed by atoms with E-state index in [1.165, 1.54) is 18.4 Å². The molecule has 172 valence electrons. The van der Waals surface area contributed by atoms with Gasteiger partial charge in [-0.25, -0.2) is 4.98 Å². The molecule has 0 aliphatic heterocycles. The number of hydrogen-bond acceptors (Lipinski definition) is 7. The second kappa shape index (κ2) is 13.1. The van der Waals surface area contributed by atoms with Crippen LogP contribution in [0.3, 0.4) is 0 Å². The molecule has 0 bridgehead atoms. The van der Waals surface area contributed by atoms with E-state index in [1.807, 2.05) is 0 Å². The third-order valence-corrected chi connectivity index (χ3v) is 7.47. The maximum Gasteiger partial charge on any atom is 0.345 e. The summed E-state index contributed by atoms with van der Waals surface area (Å²) in [6.07, 6.45) is 5.60. The number of benzene rings is 1. The summed E-state index contributed by atoms with van der Waals surface area (Å²) >= 11 is 0. The van der Waals surface area contributed by atoms with Crippen molar-refractivity contribution < 1.29 is 27.3 Å². The first-order valence-electron chi connectivity index (χ1n) is 10.7. The van der Waals surface area contributed by atoms with Crippen LogP contribution in [-0.2, 0) is 42.2 Å². The molecule has 9 heteroatoms. The number of unbranched alkanes of at least 4 members (excludes halogenated alkanes) is 1. The molecular weight excluding hydrogens is 436 g/mol. The second-order valence-electron chi connectivity index (χ2n) is 7.05. The smallest absolute Gasteiger partial charge is 0.345 e. The van der Waals surface area contributed by atoms with Crippen LogP contribution in [0.25, 0.3) is 0 Å². The predicted octanol–water partition coefficient (Wildman–Crippen LogP) is 5.55. The largest absolute Gasteiger partial charge is 0.449 e. The summed E-state index contributed by atoms with van der Waals surface area (Å²) in [6.45, 7) is 7.61. The topological polar surface area (TPSA) is 87.9 Å². The Morgan fingerprint density at radius 3 is 2.35 bits per heavy atom. The highest BCUT2D eigenvalue weighted by atomic mass is 31.2. The zero-order valence-corrected chi connectivity index (χ0v) is 20.7. The van der Waals surface area contributed by atoms with E-state index in [0.717, 1.165) is 17.7 Å². The number of aromatic nitrogens is 1. The van der Waals surface area contributed by atoms with Gasteiger partial charge in [-0.1, -0.05) is 37.6 Å². The molecule has 31 heavy (non-hydrogen) atoms. The Kier molecular flexibility index (Phi) is 10.9. The first-order valence-corrected chi connectivity index (χ1v) is 13.7. The molecule has 0 spiro atoms. The molecule has 0 aliphatic carbocycles. The van der Waals surface area contributed by atoms with Crippen LogP contribution in [0.5, 0.6) is 0 Å². The summed E-state index contributed by atoms with van der Waals surface area (Å²) in [5.41, 5.74) is 2.07. The Bertz CT molecular complexity index is 842. The van der Waals surface area contributed by atoms with Crippen LogP contribution in [0, 0.1) is 0 Å². The third kappa shape index (κ3) is 7.84. The number of hydrogen-bond donors (Lipinski definition) is 0. The molecule has 2 rings (SSSR count). The molecule has 0 fully saturated rings. The number of aryl methyl sites for hydroxylation is 1. The van der Waals surface area contributed by atoms with E-state index >= 15 is 0 Å². The monoisotopic (exact) mass is 469 g/mol. The highest BCUT2D eigenvalue weighted by Crippen LogP contribution is 2.54. The normalized spacial score (nSPS) is 13.0. The van der Waals surface area contributed by atoms with Gasteiger partial charge in [0.15, 0.2) is 11.5 Å². The van der Waals surface area contributed by atoms with Gasteiger partial charge in [-0.05, 0) is 44.5 Å². The number of nitrogens with zero attached hydrogens (tertiary/aromatic N) is 1. The lowest BCUT2D eigenvalue weighted by molar-refractivity contribution is -0.133. The number of oxazole rings is 1. The quantitative estimate of drug-likeness (QED) is 0.335. The van der Waals surface area contributed by atoms with Crippen molar-refractivity contribution in [2.24, 2.45) is 0 Å². The van der Waals surface area contributed by atoms with E-state index in [9.17, 15) is 9.36 Å². The lowest BCUT2D eigenvalue weighted by atomic mass is 10.0. The van der Waals surface area contributed by atoms with Crippen LogP contribution in [-0.4, -0.2) is 36.5 Å². The van der Waals surface area contributed by atoms with Crippen molar-refractivity contribution in [3.05, 3.63) is 53.2 Å². The fourth-order valence-electron chi connectivity index (χ4n) is 3.17. The molecule has 2 aromatic rings. The van der Waals surface area contributed by atoms with Crippen molar-refractivity contribution in [3.63, 3.8) is 0 Å². The van der Waals surface area contributed by atoms with Crippen LogP contribution >= 0.6 is 16.4 Å². The molecule has 0 saturated heterocycles. The molecule has 1 aromatic carbocycles.